The maximum atomic E-state index is 12.4. The van der Waals surface area contributed by atoms with E-state index in [-0.39, 0.29) is 22.9 Å². The Bertz CT molecular complexity index is 1270. The van der Waals surface area contributed by atoms with E-state index in [4.69, 9.17) is 9.47 Å². The second-order valence-electron chi connectivity index (χ2n) is 6.63. The van der Waals surface area contributed by atoms with Gasteiger partial charge in [-0.15, -0.1) is 10.2 Å². The summed E-state index contributed by atoms with van der Waals surface area (Å²) >= 11 is 2.57. The molecular weight excluding hydrogens is 462 g/mol. The first-order valence-corrected chi connectivity index (χ1v) is 11.8. The van der Waals surface area contributed by atoms with Gasteiger partial charge in [0.2, 0.25) is 5.13 Å². The number of aliphatic hydroxyl groups is 1. The fourth-order valence-corrected chi connectivity index (χ4v) is 4.65. The van der Waals surface area contributed by atoms with Crippen molar-refractivity contribution >= 4 is 56.5 Å². The number of H-pyrrole nitrogens is 1. The molecule has 11 heteroatoms. The second-order valence-corrected chi connectivity index (χ2v) is 8.83. The highest BCUT2D eigenvalue weighted by molar-refractivity contribution is 8.01. The number of aliphatic hydroxyl groups excluding tert-OH is 1. The summed E-state index contributed by atoms with van der Waals surface area (Å²) in [5.41, 5.74) is 2.20. The molecule has 2 aromatic heterocycles. The number of fused-ring (bicyclic) bond motifs is 1. The van der Waals surface area contributed by atoms with Crippen LogP contribution in [0.5, 0.6) is 5.75 Å². The molecule has 170 valence electrons. The maximum Gasteiger partial charge on any atom is 0.345 e. The number of aromatic amines is 1. The molecule has 0 aliphatic rings. The van der Waals surface area contributed by atoms with Crippen molar-refractivity contribution in [3.8, 4) is 5.75 Å². The number of ether oxygens (including phenoxy) is 2. The lowest BCUT2D eigenvalue weighted by molar-refractivity contribution is -0.133. The van der Waals surface area contributed by atoms with Gasteiger partial charge in [-0.2, -0.15) is 0 Å². The number of carbonyl (C=O) groups excluding carboxylic acids is 1. The fraction of sp³-hybridized carbons (Fsp3) is 0.182. The Hall–Kier alpha value is -3.57. The predicted molar refractivity (Wildman–Crippen MR) is 129 cm³/mol. The maximum absolute atomic E-state index is 12.4. The molecule has 0 bridgehead atoms. The van der Waals surface area contributed by atoms with Crippen molar-refractivity contribution in [3.63, 3.8) is 0 Å². The van der Waals surface area contributed by atoms with E-state index in [1.54, 1.807) is 0 Å². The lowest BCUT2D eigenvalue weighted by Gasteiger charge is -2.09. The summed E-state index contributed by atoms with van der Waals surface area (Å²) in [6.07, 6.45) is 0. The number of methoxy groups -OCH3 is 1. The van der Waals surface area contributed by atoms with Crippen LogP contribution in [-0.4, -0.2) is 50.7 Å². The molecule has 0 atom stereocenters. The minimum Gasteiger partial charge on any atom is -0.510 e. The van der Waals surface area contributed by atoms with Crippen LogP contribution in [-0.2, 0) is 9.53 Å². The number of aromatic nitrogens is 4. The zero-order chi connectivity index (χ0) is 23.2. The molecule has 2 heterocycles. The molecule has 2 aromatic carbocycles. The zero-order valence-electron chi connectivity index (χ0n) is 17.9. The number of nitrogens with zero attached hydrogens (tertiary/aromatic N) is 3. The highest BCUT2D eigenvalue weighted by Gasteiger charge is 2.22. The first-order valence-electron chi connectivity index (χ1n) is 9.99. The summed E-state index contributed by atoms with van der Waals surface area (Å²) in [5, 5.41) is 22.8. The summed E-state index contributed by atoms with van der Waals surface area (Å²) in [6, 6.07) is 14.9. The number of nitrogens with one attached hydrogen (secondary N) is 2. The number of rotatable bonds is 9. The Morgan fingerprint density at radius 2 is 1.97 bits per heavy atom. The van der Waals surface area contributed by atoms with Gasteiger partial charge in [-0.05, 0) is 31.2 Å². The van der Waals surface area contributed by atoms with Gasteiger partial charge in [0.15, 0.2) is 4.34 Å². The Morgan fingerprint density at radius 1 is 1.18 bits per heavy atom. The molecule has 3 N–H and O–H groups in total. The highest BCUT2D eigenvalue weighted by Crippen LogP contribution is 2.33. The summed E-state index contributed by atoms with van der Waals surface area (Å²) in [4.78, 5) is 19.8. The van der Waals surface area contributed by atoms with E-state index in [0.29, 0.717) is 21.6 Å². The number of anilines is 2. The van der Waals surface area contributed by atoms with Crippen molar-refractivity contribution in [2.75, 3.05) is 24.8 Å². The third kappa shape index (κ3) is 5.26. The van der Waals surface area contributed by atoms with Crippen molar-refractivity contribution in [1.82, 2.24) is 20.2 Å². The molecule has 0 spiro atoms. The highest BCUT2D eigenvalue weighted by atomic mass is 32.2. The second kappa shape index (κ2) is 10.4. The van der Waals surface area contributed by atoms with Crippen molar-refractivity contribution in [1.29, 1.82) is 0 Å². The van der Waals surface area contributed by atoms with Crippen molar-refractivity contribution in [3.05, 3.63) is 60.1 Å². The number of hydrogen-bond donors (Lipinski definition) is 3. The standard InChI is InChI=1S/C22H21N5O4S2/c1-3-31-17-11-7-6-10-15(17)25-21-26-27-22(33-21)32-12-16(28)18(20(29)30-2)19-23-13-8-4-5-9-14(13)24-19/h4-11,28H,3,12H2,1-2H3,(H,23,24)(H,25,26)/b18-16+. The van der Waals surface area contributed by atoms with Crippen molar-refractivity contribution in [2.24, 2.45) is 0 Å². The van der Waals surface area contributed by atoms with Gasteiger partial charge in [-0.3, -0.25) is 0 Å². The van der Waals surface area contributed by atoms with Crippen LogP contribution in [0.1, 0.15) is 12.7 Å². The molecule has 0 saturated carbocycles. The third-order valence-electron chi connectivity index (χ3n) is 4.47. The van der Waals surface area contributed by atoms with Gasteiger partial charge in [-0.1, -0.05) is 47.4 Å². The molecule has 0 aliphatic carbocycles. The number of esters is 1. The Balaban J connectivity index is 1.50. The van der Waals surface area contributed by atoms with Gasteiger partial charge in [0.1, 0.15) is 22.9 Å². The van der Waals surface area contributed by atoms with Gasteiger partial charge in [0.05, 0.1) is 36.2 Å². The number of benzene rings is 2. The largest absolute Gasteiger partial charge is 0.510 e. The average molecular weight is 484 g/mol. The number of para-hydroxylation sites is 4. The first kappa shape index (κ1) is 22.6. The van der Waals surface area contributed by atoms with Gasteiger partial charge >= 0.3 is 5.97 Å². The normalized spacial score (nSPS) is 11.8. The smallest absolute Gasteiger partial charge is 0.345 e. The van der Waals surface area contributed by atoms with Gasteiger partial charge in [0, 0.05) is 0 Å². The van der Waals surface area contributed by atoms with Crippen LogP contribution in [0.3, 0.4) is 0 Å². The molecule has 0 radical (unpaired) electrons. The molecule has 0 aliphatic heterocycles. The minimum atomic E-state index is -0.681. The quantitative estimate of drug-likeness (QED) is 0.133. The van der Waals surface area contributed by atoms with Gasteiger partial charge in [-0.25, -0.2) is 9.78 Å². The first-order chi connectivity index (χ1) is 16.1. The minimum absolute atomic E-state index is 0.0188. The lowest BCUT2D eigenvalue weighted by atomic mass is 10.2. The van der Waals surface area contributed by atoms with Crippen LogP contribution < -0.4 is 10.1 Å². The Kier molecular flexibility index (Phi) is 7.10. The average Bonchev–Trinajstić information content (AvgIpc) is 3.45. The van der Waals surface area contributed by atoms with Gasteiger partial charge < -0.3 is 24.9 Å². The Morgan fingerprint density at radius 3 is 2.76 bits per heavy atom. The number of hydrogen-bond acceptors (Lipinski definition) is 10. The number of carbonyl (C=O) groups is 1. The number of imidazole rings is 1. The van der Waals surface area contributed by atoms with E-state index in [1.165, 1.54) is 30.2 Å². The molecule has 0 fully saturated rings. The van der Waals surface area contributed by atoms with E-state index >= 15 is 0 Å². The third-order valence-corrected chi connectivity index (χ3v) is 6.45. The van der Waals surface area contributed by atoms with Crippen LogP contribution in [0.4, 0.5) is 10.8 Å². The molecular formula is C22H21N5O4S2. The molecule has 0 saturated heterocycles. The number of thioether (sulfide) groups is 1. The molecule has 4 aromatic rings. The molecule has 33 heavy (non-hydrogen) atoms. The fourth-order valence-electron chi connectivity index (χ4n) is 3.01. The van der Waals surface area contributed by atoms with Crippen LogP contribution in [0.25, 0.3) is 16.6 Å². The molecule has 4 rings (SSSR count). The molecule has 9 nitrogen and oxygen atoms in total. The van der Waals surface area contributed by atoms with Gasteiger partial charge in [0.25, 0.3) is 0 Å². The topological polar surface area (TPSA) is 122 Å². The van der Waals surface area contributed by atoms with Crippen LogP contribution >= 0.6 is 23.1 Å². The van der Waals surface area contributed by atoms with E-state index < -0.39 is 5.97 Å². The van der Waals surface area contributed by atoms with E-state index in [0.717, 1.165) is 17.0 Å². The van der Waals surface area contributed by atoms with Crippen LogP contribution in [0, 0.1) is 0 Å². The van der Waals surface area contributed by atoms with Crippen LogP contribution in [0.2, 0.25) is 0 Å². The monoisotopic (exact) mass is 483 g/mol. The molecule has 0 unspecified atom stereocenters. The SMILES string of the molecule is CCOc1ccccc1Nc1nnc(SC/C(O)=C(\C(=O)OC)c2nc3ccccc3[nH]2)s1. The van der Waals surface area contributed by atoms with Crippen LogP contribution in [0.15, 0.2) is 58.6 Å². The lowest BCUT2D eigenvalue weighted by Crippen LogP contribution is -2.09. The summed E-state index contributed by atoms with van der Waals surface area (Å²) in [7, 11) is 1.26. The van der Waals surface area contributed by atoms with E-state index in [1.807, 2.05) is 55.5 Å². The molecule has 0 amide bonds. The van der Waals surface area contributed by atoms with Crippen molar-refractivity contribution in [2.45, 2.75) is 11.3 Å². The zero-order valence-corrected chi connectivity index (χ0v) is 19.5. The summed E-state index contributed by atoms with van der Waals surface area (Å²) in [6.45, 7) is 2.47. The predicted octanol–water partition coefficient (Wildman–Crippen LogP) is 4.79. The van der Waals surface area contributed by atoms with E-state index in [9.17, 15) is 9.90 Å². The summed E-state index contributed by atoms with van der Waals surface area (Å²) in [5.74, 6) is 0.203. The Labute approximate surface area is 197 Å². The van der Waals surface area contributed by atoms with Crippen molar-refractivity contribution < 1.29 is 19.4 Å². The summed E-state index contributed by atoms with van der Waals surface area (Å²) < 4.78 is 11.1. The van der Waals surface area contributed by atoms with E-state index in [2.05, 4.69) is 25.5 Å².